The molecule has 0 saturated carbocycles. The molecular formula is C64H123NO5. The van der Waals surface area contributed by atoms with E-state index in [0.717, 1.165) is 51.4 Å². The molecule has 0 rings (SSSR count). The summed E-state index contributed by atoms with van der Waals surface area (Å²) in [6.45, 7) is 4.91. The lowest BCUT2D eigenvalue weighted by atomic mass is 10.0. The molecule has 0 aromatic heterocycles. The molecular weight excluding hydrogens is 863 g/mol. The number of amides is 1. The van der Waals surface area contributed by atoms with Gasteiger partial charge in [-0.3, -0.25) is 9.59 Å². The molecule has 0 aliphatic rings. The topological polar surface area (TPSA) is 95.9 Å². The highest BCUT2D eigenvalue weighted by Crippen LogP contribution is 2.18. The van der Waals surface area contributed by atoms with Crippen molar-refractivity contribution in [2.75, 3.05) is 13.2 Å². The minimum absolute atomic E-state index is 0.000462. The number of nitrogens with one attached hydrogen (secondary N) is 1. The Hall–Kier alpha value is -1.66. The number of hydrogen-bond donors (Lipinski definition) is 3. The molecule has 2 atom stereocenters. The first-order valence-corrected chi connectivity index (χ1v) is 31.6. The van der Waals surface area contributed by atoms with Crippen molar-refractivity contribution >= 4 is 11.9 Å². The molecule has 0 radical (unpaired) electrons. The molecule has 0 aliphatic carbocycles. The molecule has 0 aliphatic heterocycles. The fourth-order valence-electron chi connectivity index (χ4n) is 9.92. The number of ether oxygens (including phenoxy) is 1. The molecule has 0 heterocycles. The van der Waals surface area contributed by atoms with E-state index in [4.69, 9.17) is 4.74 Å². The van der Waals surface area contributed by atoms with Crippen molar-refractivity contribution < 1.29 is 24.5 Å². The van der Waals surface area contributed by atoms with Crippen LogP contribution in [0.3, 0.4) is 0 Å². The second kappa shape index (κ2) is 59.9. The highest BCUT2D eigenvalue weighted by atomic mass is 16.5. The minimum Gasteiger partial charge on any atom is -0.466 e. The van der Waals surface area contributed by atoms with E-state index in [1.165, 1.54) is 263 Å². The van der Waals surface area contributed by atoms with Crippen molar-refractivity contribution in [3.63, 3.8) is 0 Å². The average Bonchev–Trinajstić information content (AvgIpc) is 3.36. The quantitative estimate of drug-likeness (QED) is 0.0321. The van der Waals surface area contributed by atoms with Gasteiger partial charge in [0, 0.05) is 12.8 Å². The van der Waals surface area contributed by atoms with E-state index < -0.39 is 12.1 Å². The first-order valence-electron chi connectivity index (χ1n) is 31.6. The summed E-state index contributed by atoms with van der Waals surface area (Å²) in [6.07, 6.45) is 73.3. The van der Waals surface area contributed by atoms with Crippen molar-refractivity contribution in [3.8, 4) is 0 Å². The van der Waals surface area contributed by atoms with Crippen LogP contribution in [0.15, 0.2) is 24.3 Å². The first kappa shape index (κ1) is 68.3. The van der Waals surface area contributed by atoms with Gasteiger partial charge in [0.25, 0.3) is 0 Å². The van der Waals surface area contributed by atoms with Crippen LogP contribution in [0.2, 0.25) is 0 Å². The Morgan fingerprint density at radius 3 is 1.14 bits per heavy atom. The van der Waals surface area contributed by atoms with Crippen molar-refractivity contribution in [1.82, 2.24) is 5.32 Å². The molecule has 0 spiro atoms. The van der Waals surface area contributed by atoms with Crippen LogP contribution in [-0.2, 0) is 14.3 Å². The van der Waals surface area contributed by atoms with Gasteiger partial charge in [0.1, 0.15) is 0 Å². The highest BCUT2D eigenvalue weighted by molar-refractivity contribution is 5.76. The number of hydrogen-bond acceptors (Lipinski definition) is 5. The Morgan fingerprint density at radius 1 is 0.400 bits per heavy atom. The molecule has 414 valence electrons. The van der Waals surface area contributed by atoms with Gasteiger partial charge in [-0.05, 0) is 51.4 Å². The summed E-state index contributed by atoms with van der Waals surface area (Å²) in [5, 5.41) is 23.3. The molecule has 0 fully saturated rings. The van der Waals surface area contributed by atoms with Gasteiger partial charge in [0.05, 0.1) is 25.4 Å². The number of unbranched alkanes of at least 4 members (excludes halogenated alkanes) is 44. The maximum absolute atomic E-state index is 12.5. The molecule has 2 unspecified atom stereocenters. The van der Waals surface area contributed by atoms with Crippen molar-refractivity contribution in [1.29, 1.82) is 0 Å². The van der Waals surface area contributed by atoms with Crippen LogP contribution in [0.4, 0.5) is 0 Å². The van der Waals surface area contributed by atoms with Gasteiger partial charge in [0.15, 0.2) is 0 Å². The third kappa shape index (κ3) is 55.7. The van der Waals surface area contributed by atoms with Gasteiger partial charge in [-0.1, -0.05) is 308 Å². The van der Waals surface area contributed by atoms with Gasteiger partial charge in [-0.2, -0.15) is 0 Å². The Bertz CT molecular complexity index is 1090. The summed E-state index contributed by atoms with van der Waals surface area (Å²) in [5.41, 5.74) is 0. The highest BCUT2D eigenvalue weighted by Gasteiger charge is 2.20. The largest absolute Gasteiger partial charge is 0.466 e. The van der Waals surface area contributed by atoms with Crippen LogP contribution in [0.25, 0.3) is 0 Å². The van der Waals surface area contributed by atoms with Crippen LogP contribution >= 0.6 is 0 Å². The molecule has 0 saturated heterocycles. The Balaban J connectivity index is 3.37. The summed E-state index contributed by atoms with van der Waals surface area (Å²) >= 11 is 0. The van der Waals surface area contributed by atoms with E-state index in [0.29, 0.717) is 25.9 Å². The predicted molar refractivity (Wildman–Crippen MR) is 306 cm³/mol. The molecule has 1 amide bonds. The van der Waals surface area contributed by atoms with Gasteiger partial charge in [-0.15, -0.1) is 0 Å². The van der Waals surface area contributed by atoms with E-state index in [9.17, 15) is 19.8 Å². The third-order valence-electron chi connectivity index (χ3n) is 14.7. The zero-order valence-electron chi connectivity index (χ0n) is 47.3. The van der Waals surface area contributed by atoms with E-state index in [1.54, 1.807) is 0 Å². The number of aliphatic hydroxyl groups excluding tert-OH is 2. The molecule has 6 heteroatoms. The van der Waals surface area contributed by atoms with Crippen LogP contribution in [0.5, 0.6) is 0 Å². The van der Waals surface area contributed by atoms with E-state index in [2.05, 4.69) is 43.5 Å². The SMILES string of the molecule is CCC/C=C\C/C=C\CCCCCCCC(=O)OCCCCCCCCCCCCCCCCCCCCCCCCCCC(=O)NC(CO)C(O)CCCCCCCCCCCCCCCCCC. The van der Waals surface area contributed by atoms with E-state index in [1.807, 2.05) is 0 Å². The summed E-state index contributed by atoms with van der Waals surface area (Å²) in [7, 11) is 0. The first-order chi connectivity index (χ1) is 34.5. The number of rotatable bonds is 59. The van der Waals surface area contributed by atoms with Crippen molar-refractivity contribution in [2.24, 2.45) is 0 Å². The summed E-state index contributed by atoms with van der Waals surface area (Å²) in [4.78, 5) is 24.5. The smallest absolute Gasteiger partial charge is 0.305 e. The van der Waals surface area contributed by atoms with E-state index in [-0.39, 0.29) is 18.5 Å². The molecule has 6 nitrogen and oxygen atoms in total. The maximum Gasteiger partial charge on any atom is 0.305 e. The lowest BCUT2D eigenvalue weighted by Gasteiger charge is -2.22. The number of allylic oxidation sites excluding steroid dienone is 4. The van der Waals surface area contributed by atoms with Crippen LogP contribution in [0, 0.1) is 0 Å². The number of aliphatic hydroxyl groups is 2. The lowest BCUT2D eigenvalue weighted by Crippen LogP contribution is -2.45. The van der Waals surface area contributed by atoms with Crippen LogP contribution in [-0.4, -0.2) is 47.4 Å². The van der Waals surface area contributed by atoms with E-state index >= 15 is 0 Å². The minimum atomic E-state index is -0.663. The zero-order valence-corrected chi connectivity index (χ0v) is 47.3. The normalized spacial score (nSPS) is 12.7. The molecule has 70 heavy (non-hydrogen) atoms. The predicted octanol–water partition coefficient (Wildman–Crippen LogP) is 19.8. The molecule has 0 aromatic carbocycles. The number of carbonyl (C=O) groups is 2. The second-order valence-corrected chi connectivity index (χ2v) is 21.7. The summed E-state index contributed by atoms with van der Waals surface area (Å²) in [6, 6.07) is -0.540. The Morgan fingerprint density at radius 2 is 0.743 bits per heavy atom. The fourth-order valence-corrected chi connectivity index (χ4v) is 9.92. The van der Waals surface area contributed by atoms with Gasteiger partial charge in [-0.25, -0.2) is 0 Å². The fraction of sp³-hybridized carbons (Fsp3) is 0.906. The summed E-state index contributed by atoms with van der Waals surface area (Å²) in [5.74, 6) is -0.0310. The Kier molecular flexibility index (Phi) is 58.5. The van der Waals surface area contributed by atoms with Crippen LogP contribution in [0.1, 0.15) is 348 Å². The maximum atomic E-state index is 12.5. The molecule has 0 bridgehead atoms. The standard InChI is InChI=1S/C64H123NO5/c1-3-5-7-9-11-13-15-17-18-29-33-36-40-44-48-52-56-62(67)61(60-66)65-63(68)57-53-49-45-41-37-34-30-27-25-23-21-19-20-22-24-26-28-31-35-39-43-47-51-55-59-70-64(69)58-54-50-46-42-38-32-16-14-12-10-8-6-4-2/h8,10,14,16,61-62,66-67H,3-7,9,11-13,15,17-60H2,1-2H3,(H,65,68)/b10-8-,16-14-. The molecule has 0 aromatic rings. The zero-order chi connectivity index (χ0) is 50.7. The van der Waals surface area contributed by atoms with Crippen molar-refractivity contribution in [2.45, 2.75) is 360 Å². The average molecular weight is 987 g/mol. The second-order valence-electron chi connectivity index (χ2n) is 21.7. The summed E-state index contributed by atoms with van der Waals surface area (Å²) < 4.78 is 5.47. The number of carbonyl (C=O) groups excluding carboxylic acids is 2. The monoisotopic (exact) mass is 986 g/mol. The third-order valence-corrected chi connectivity index (χ3v) is 14.7. The van der Waals surface area contributed by atoms with Crippen molar-refractivity contribution in [3.05, 3.63) is 24.3 Å². The Labute approximate surface area is 437 Å². The number of esters is 1. The molecule has 3 N–H and O–H groups in total. The lowest BCUT2D eigenvalue weighted by molar-refractivity contribution is -0.143. The van der Waals surface area contributed by atoms with Gasteiger partial charge >= 0.3 is 5.97 Å². The van der Waals surface area contributed by atoms with Crippen LogP contribution < -0.4 is 5.32 Å². The van der Waals surface area contributed by atoms with Gasteiger partial charge < -0.3 is 20.3 Å². The van der Waals surface area contributed by atoms with Gasteiger partial charge in [0.2, 0.25) is 5.91 Å².